The van der Waals surface area contributed by atoms with E-state index >= 15 is 0 Å². The van der Waals surface area contributed by atoms with Gasteiger partial charge in [-0.05, 0) is 40.9 Å². The Kier molecular flexibility index (Phi) is 4.55. The predicted octanol–water partition coefficient (Wildman–Crippen LogP) is 2.43. The minimum Gasteiger partial charge on any atom is -0.481 e. The highest BCUT2D eigenvalue weighted by atomic mass is 79.9. The van der Waals surface area contributed by atoms with Crippen molar-refractivity contribution in [3.8, 4) is 0 Å². The van der Waals surface area contributed by atoms with Gasteiger partial charge in [0.2, 0.25) is 0 Å². The van der Waals surface area contributed by atoms with E-state index in [1.54, 1.807) is 6.20 Å². The molecule has 0 aliphatic rings. The molecule has 0 saturated carbocycles. The van der Waals surface area contributed by atoms with E-state index in [9.17, 15) is 4.79 Å². The number of carboxylic acid groups (broad SMARTS) is 1. The summed E-state index contributed by atoms with van der Waals surface area (Å²) < 4.78 is 0.971. The molecule has 1 rings (SSSR count). The van der Waals surface area contributed by atoms with Crippen LogP contribution in [-0.2, 0) is 4.79 Å². The minimum atomic E-state index is -0.767. The Morgan fingerprint density at radius 2 is 2.40 bits per heavy atom. The van der Waals surface area contributed by atoms with Crippen LogP contribution in [0.2, 0.25) is 0 Å². The first-order chi connectivity index (χ1) is 7.09. The van der Waals surface area contributed by atoms with Gasteiger partial charge in [0.05, 0.1) is 0 Å². The maximum atomic E-state index is 10.3. The molecular formula is C10H13BrN2O2. The van der Waals surface area contributed by atoms with Crippen LogP contribution in [0, 0.1) is 6.92 Å². The van der Waals surface area contributed by atoms with Gasteiger partial charge < -0.3 is 10.4 Å². The fraction of sp³-hybridized carbons (Fsp3) is 0.400. The molecule has 0 spiro atoms. The minimum absolute atomic E-state index is 0.183. The van der Waals surface area contributed by atoms with Crippen LogP contribution in [-0.4, -0.2) is 22.6 Å². The van der Waals surface area contributed by atoms with E-state index in [0.717, 1.165) is 15.9 Å². The first-order valence-electron chi connectivity index (χ1n) is 4.67. The molecule has 0 radical (unpaired) electrons. The van der Waals surface area contributed by atoms with Gasteiger partial charge in [0.1, 0.15) is 5.82 Å². The van der Waals surface area contributed by atoms with Gasteiger partial charge in [-0.2, -0.15) is 0 Å². The lowest BCUT2D eigenvalue weighted by molar-refractivity contribution is -0.137. The average molecular weight is 273 g/mol. The third kappa shape index (κ3) is 4.29. The van der Waals surface area contributed by atoms with Gasteiger partial charge in [-0.1, -0.05) is 0 Å². The Morgan fingerprint density at radius 3 is 3.00 bits per heavy atom. The lowest BCUT2D eigenvalue weighted by Gasteiger charge is -2.05. The number of nitrogens with one attached hydrogen (secondary N) is 1. The average Bonchev–Trinajstić information content (AvgIpc) is 2.18. The highest BCUT2D eigenvalue weighted by Crippen LogP contribution is 2.17. The van der Waals surface area contributed by atoms with Crippen LogP contribution in [0.25, 0.3) is 0 Å². The van der Waals surface area contributed by atoms with Crippen molar-refractivity contribution in [2.24, 2.45) is 0 Å². The third-order valence-electron chi connectivity index (χ3n) is 1.92. The molecule has 0 aliphatic heterocycles. The molecule has 0 unspecified atom stereocenters. The van der Waals surface area contributed by atoms with Crippen molar-refractivity contribution < 1.29 is 9.90 Å². The van der Waals surface area contributed by atoms with Crippen molar-refractivity contribution >= 4 is 27.7 Å². The quantitative estimate of drug-likeness (QED) is 0.809. The van der Waals surface area contributed by atoms with E-state index in [4.69, 9.17) is 5.11 Å². The Bertz CT molecular complexity index is 355. The molecule has 2 N–H and O–H groups in total. The number of hydrogen-bond acceptors (Lipinski definition) is 3. The molecule has 15 heavy (non-hydrogen) atoms. The maximum Gasteiger partial charge on any atom is 0.303 e. The zero-order chi connectivity index (χ0) is 11.3. The molecule has 0 aromatic carbocycles. The van der Waals surface area contributed by atoms with Crippen LogP contribution < -0.4 is 5.32 Å². The lowest BCUT2D eigenvalue weighted by Crippen LogP contribution is -2.06. The van der Waals surface area contributed by atoms with Crippen molar-refractivity contribution in [1.29, 1.82) is 0 Å². The fourth-order valence-electron chi connectivity index (χ4n) is 1.09. The summed E-state index contributed by atoms with van der Waals surface area (Å²) in [6.07, 6.45) is 2.52. The monoisotopic (exact) mass is 272 g/mol. The smallest absolute Gasteiger partial charge is 0.303 e. The molecule has 0 bridgehead atoms. The number of anilines is 1. The van der Waals surface area contributed by atoms with Crippen LogP contribution in [0.5, 0.6) is 0 Å². The Morgan fingerprint density at radius 1 is 1.67 bits per heavy atom. The summed E-state index contributed by atoms with van der Waals surface area (Å²) in [5.74, 6) is 0.0119. The van der Waals surface area contributed by atoms with E-state index in [0.29, 0.717) is 13.0 Å². The zero-order valence-electron chi connectivity index (χ0n) is 8.46. The Labute approximate surface area is 96.8 Å². The van der Waals surface area contributed by atoms with Crippen LogP contribution in [0.3, 0.4) is 0 Å². The molecule has 1 aromatic heterocycles. The van der Waals surface area contributed by atoms with E-state index in [1.807, 2.05) is 13.0 Å². The zero-order valence-corrected chi connectivity index (χ0v) is 10.0. The van der Waals surface area contributed by atoms with Crippen molar-refractivity contribution in [3.05, 3.63) is 22.3 Å². The van der Waals surface area contributed by atoms with Gasteiger partial charge in [0, 0.05) is 23.6 Å². The first kappa shape index (κ1) is 12.0. The number of carboxylic acids is 1. The van der Waals surface area contributed by atoms with Gasteiger partial charge in [-0.3, -0.25) is 4.79 Å². The van der Waals surface area contributed by atoms with Crippen LogP contribution in [0.15, 0.2) is 16.7 Å². The molecule has 4 nitrogen and oxygen atoms in total. The number of rotatable bonds is 5. The molecule has 0 amide bonds. The number of halogens is 1. The first-order valence-corrected chi connectivity index (χ1v) is 5.46. The van der Waals surface area contributed by atoms with E-state index in [1.165, 1.54) is 0 Å². The lowest BCUT2D eigenvalue weighted by atomic mass is 10.3. The third-order valence-corrected chi connectivity index (χ3v) is 2.75. The number of pyridine rings is 1. The number of carbonyl (C=O) groups is 1. The second-order valence-electron chi connectivity index (χ2n) is 3.24. The SMILES string of the molecule is Cc1cc(NCCCC(=O)O)ncc1Br. The number of aryl methyl sites for hydroxylation is 1. The molecule has 0 aliphatic carbocycles. The topological polar surface area (TPSA) is 62.2 Å². The molecule has 0 atom stereocenters. The second kappa shape index (κ2) is 5.70. The molecule has 5 heteroatoms. The number of aliphatic carboxylic acids is 1. The molecule has 1 aromatic rings. The highest BCUT2D eigenvalue weighted by Gasteiger charge is 1.99. The summed E-state index contributed by atoms with van der Waals surface area (Å²) in [7, 11) is 0. The number of hydrogen-bond donors (Lipinski definition) is 2. The largest absolute Gasteiger partial charge is 0.481 e. The molecule has 0 saturated heterocycles. The summed E-state index contributed by atoms with van der Waals surface area (Å²) in [6, 6.07) is 1.92. The predicted molar refractivity (Wildman–Crippen MR) is 62.0 cm³/mol. The van der Waals surface area contributed by atoms with Crippen LogP contribution in [0.4, 0.5) is 5.82 Å². The summed E-state index contributed by atoms with van der Waals surface area (Å²) in [4.78, 5) is 14.4. The summed E-state index contributed by atoms with van der Waals surface area (Å²) in [5.41, 5.74) is 1.10. The maximum absolute atomic E-state index is 10.3. The van der Waals surface area contributed by atoms with Crippen molar-refractivity contribution in [3.63, 3.8) is 0 Å². The molecule has 82 valence electrons. The fourth-order valence-corrected chi connectivity index (χ4v) is 1.31. The van der Waals surface area contributed by atoms with Crippen molar-refractivity contribution in [2.75, 3.05) is 11.9 Å². The normalized spacial score (nSPS) is 10.0. The van der Waals surface area contributed by atoms with Crippen molar-refractivity contribution in [1.82, 2.24) is 4.98 Å². The molecule has 1 heterocycles. The Hall–Kier alpha value is -1.10. The Balaban J connectivity index is 2.38. The van der Waals surface area contributed by atoms with E-state index < -0.39 is 5.97 Å². The standard InChI is InChI=1S/C10H13BrN2O2/c1-7-5-9(13-6-8(7)11)12-4-2-3-10(14)15/h5-6H,2-4H2,1H3,(H,12,13)(H,14,15). The van der Waals surface area contributed by atoms with E-state index in [-0.39, 0.29) is 6.42 Å². The van der Waals surface area contributed by atoms with Gasteiger partial charge in [0.25, 0.3) is 0 Å². The molecule has 0 fully saturated rings. The summed E-state index contributed by atoms with van der Waals surface area (Å²) in [5, 5.41) is 11.5. The summed E-state index contributed by atoms with van der Waals surface area (Å²) in [6.45, 7) is 2.61. The van der Waals surface area contributed by atoms with Crippen LogP contribution >= 0.6 is 15.9 Å². The van der Waals surface area contributed by atoms with Crippen molar-refractivity contribution in [2.45, 2.75) is 19.8 Å². The van der Waals surface area contributed by atoms with E-state index in [2.05, 4.69) is 26.2 Å². The van der Waals surface area contributed by atoms with Gasteiger partial charge in [-0.25, -0.2) is 4.98 Å². The number of nitrogens with zero attached hydrogens (tertiary/aromatic N) is 1. The second-order valence-corrected chi connectivity index (χ2v) is 4.10. The van der Waals surface area contributed by atoms with Gasteiger partial charge >= 0.3 is 5.97 Å². The van der Waals surface area contributed by atoms with Gasteiger partial charge in [0.15, 0.2) is 0 Å². The number of aromatic nitrogens is 1. The summed E-state index contributed by atoms with van der Waals surface area (Å²) >= 11 is 3.36. The van der Waals surface area contributed by atoms with Crippen LogP contribution in [0.1, 0.15) is 18.4 Å². The molecular weight excluding hydrogens is 260 g/mol. The van der Waals surface area contributed by atoms with Gasteiger partial charge in [-0.15, -0.1) is 0 Å². The highest BCUT2D eigenvalue weighted by molar-refractivity contribution is 9.10.